The summed E-state index contributed by atoms with van der Waals surface area (Å²) in [7, 11) is 3.01. The number of aromatic nitrogens is 2. The van der Waals surface area contributed by atoms with Crippen molar-refractivity contribution in [1.82, 2.24) is 40.6 Å². The van der Waals surface area contributed by atoms with Gasteiger partial charge in [-0.05, 0) is 71.5 Å². The third-order valence-corrected chi connectivity index (χ3v) is 11.9. The number of ether oxygens (including phenoxy) is 2. The van der Waals surface area contributed by atoms with E-state index in [1.54, 1.807) is 47.5 Å². The number of rotatable bonds is 6. The first-order valence-electron chi connectivity index (χ1n) is 20.6. The Morgan fingerprint density at radius 1 is 0.672 bits per heavy atom. The maximum Gasteiger partial charge on any atom is 0.418 e. The summed E-state index contributed by atoms with van der Waals surface area (Å²) in [6.45, 7) is 1.57. The highest BCUT2D eigenvalue weighted by Gasteiger charge is 2.59. The van der Waals surface area contributed by atoms with Crippen LogP contribution in [0.15, 0.2) is 73.1 Å². The van der Waals surface area contributed by atoms with Gasteiger partial charge in [-0.2, -0.15) is 0 Å². The van der Waals surface area contributed by atoms with Gasteiger partial charge in [0.15, 0.2) is 0 Å². The minimum atomic E-state index is -1.46. The number of anilines is 2. The lowest BCUT2D eigenvalue weighted by Gasteiger charge is -2.21. The Balaban J connectivity index is 0.000000186. The van der Waals surface area contributed by atoms with E-state index in [1.807, 2.05) is 24.4 Å². The molecule has 6 heterocycles. The molecule has 21 nitrogen and oxygen atoms in total. The van der Waals surface area contributed by atoms with E-state index in [2.05, 4.69) is 42.6 Å². The molecular formula is C46H52N10O11. The van der Waals surface area contributed by atoms with Gasteiger partial charge in [0, 0.05) is 81.5 Å². The van der Waals surface area contributed by atoms with Gasteiger partial charge in [0.25, 0.3) is 11.8 Å². The zero-order valence-electron chi connectivity index (χ0n) is 35.3. The lowest BCUT2D eigenvalue weighted by Crippen LogP contribution is -2.43. The number of imide groups is 2. The van der Waals surface area contributed by atoms with E-state index in [0.717, 1.165) is 40.4 Å². The van der Waals surface area contributed by atoms with Crippen molar-refractivity contribution in [2.24, 2.45) is 0 Å². The van der Waals surface area contributed by atoms with Crippen molar-refractivity contribution in [3.05, 3.63) is 118 Å². The zero-order valence-corrected chi connectivity index (χ0v) is 35.3. The van der Waals surface area contributed by atoms with Crippen LogP contribution in [0.5, 0.6) is 0 Å². The molecule has 2 spiro atoms. The summed E-state index contributed by atoms with van der Waals surface area (Å²) < 4.78 is 10.9. The number of carboxylic acids is 1. The summed E-state index contributed by atoms with van der Waals surface area (Å²) in [5, 5.41) is 22.3. The number of nitrogens with one attached hydrogen (secondary N) is 5. The fourth-order valence-electron chi connectivity index (χ4n) is 8.70. The lowest BCUT2D eigenvalue weighted by atomic mass is 9.94. The summed E-state index contributed by atoms with van der Waals surface area (Å²) in [5.74, 6) is -2.83. The smallest absolute Gasteiger partial charge is 0.418 e. The van der Waals surface area contributed by atoms with Crippen molar-refractivity contribution in [2.45, 2.75) is 77.9 Å². The first-order chi connectivity index (χ1) is 31.2. The molecule has 0 unspecified atom stereocenters. The number of hydrogen-bond acceptors (Lipinski definition) is 13. The first kappa shape index (κ1) is 48.5. The van der Waals surface area contributed by atoms with Gasteiger partial charge in [-0.3, -0.25) is 29.1 Å². The van der Waals surface area contributed by atoms with Gasteiger partial charge in [0.05, 0.1) is 17.9 Å². The molecule has 2 atom stereocenters. The minimum Gasteiger partial charge on any atom is -0.480 e. The van der Waals surface area contributed by atoms with E-state index < -0.39 is 47.7 Å². The van der Waals surface area contributed by atoms with E-state index in [1.165, 1.54) is 25.4 Å². The monoisotopic (exact) mass is 920 g/mol. The zero-order chi connectivity index (χ0) is 46.0. The number of benzene rings is 2. The largest absolute Gasteiger partial charge is 0.480 e. The molecule has 2 fully saturated rings. The van der Waals surface area contributed by atoms with E-state index >= 15 is 0 Å². The maximum atomic E-state index is 13.3. The molecule has 4 aromatic rings. The number of nitrogens with zero attached hydrogens (tertiary/aromatic N) is 5. The minimum absolute atomic E-state index is 0. The molecular weight excluding hydrogens is 869 g/mol. The summed E-state index contributed by atoms with van der Waals surface area (Å²) in [6, 6.07) is 17.1. The molecule has 9 amide bonds. The van der Waals surface area contributed by atoms with Crippen molar-refractivity contribution in [1.29, 1.82) is 0 Å². The summed E-state index contributed by atoms with van der Waals surface area (Å²) in [4.78, 5) is 109. The normalized spacial score (nSPS) is 19.8. The van der Waals surface area contributed by atoms with Crippen LogP contribution >= 0.6 is 0 Å². The van der Waals surface area contributed by atoms with E-state index in [0.29, 0.717) is 59.8 Å². The van der Waals surface area contributed by atoms with Crippen LogP contribution in [0.1, 0.15) is 72.5 Å². The Hall–Kier alpha value is -7.94. The number of hydrogen-bond donors (Lipinski definition) is 6. The van der Waals surface area contributed by atoms with Crippen LogP contribution in [0.25, 0.3) is 0 Å². The summed E-state index contributed by atoms with van der Waals surface area (Å²) in [6.07, 6.45) is 3.25. The second kappa shape index (κ2) is 19.7. The Labute approximate surface area is 385 Å². The molecule has 2 saturated heterocycles. The van der Waals surface area contributed by atoms with Crippen molar-refractivity contribution in [2.75, 3.05) is 37.8 Å². The van der Waals surface area contributed by atoms with E-state index in [4.69, 9.17) is 14.6 Å². The van der Waals surface area contributed by atoms with Crippen molar-refractivity contribution in [3.8, 4) is 0 Å². The lowest BCUT2D eigenvalue weighted by molar-refractivity contribution is -0.144. The highest BCUT2D eigenvalue weighted by Crippen LogP contribution is 2.47. The molecule has 2 aliphatic carbocycles. The molecule has 21 heteroatoms. The van der Waals surface area contributed by atoms with Crippen LogP contribution in [-0.4, -0.2) is 105 Å². The predicted molar refractivity (Wildman–Crippen MR) is 240 cm³/mol. The number of aryl methyl sites for hydroxylation is 2. The Morgan fingerprint density at radius 2 is 1.18 bits per heavy atom. The van der Waals surface area contributed by atoms with Gasteiger partial charge < -0.3 is 46.1 Å². The Kier molecular flexibility index (Phi) is 14.2. The molecule has 0 radical (unpaired) electrons. The van der Waals surface area contributed by atoms with Gasteiger partial charge in [0.2, 0.25) is 17.1 Å². The standard InChI is InChI=1S/C22H21N5O5.C15H15N3O6.C7H8N2.2CH4/c1-23-20(30)25-15-4-5-16-13(9-15)6-7-22(16)19(29)27(21(31)32-22)12-18(28)26-10-14-3-2-8-24-17(14)11-26;1-16-13(22)17-9-2-3-10-8(6-9)4-5-15(10)12(21)18(7-11(19)20)14(23)24-15;1-2-6-4-8-5-7(6)9-3-1;;/h2-5,8-9H,6-7,10-12H2,1H3,(H2,23,25,30);2-3,6H,4-5,7H2,1H3,(H,19,20)(H2,16,17,22);1-3,8H,4-5H2;2*1H4/t22-;15-;;;/m00.../s1. The quantitative estimate of drug-likeness (QED) is 0.159. The third-order valence-electron chi connectivity index (χ3n) is 11.9. The first-order valence-corrected chi connectivity index (χ1v) is 20.6. The number of carboxylic acid groups (broad SMARTS) is 1. The number of carbonyl (C=O) groups excluding carboxylic acids is 7. The predicted octanol–water partition coefficient (Wildman–Crippen LogP) is 4.10. The number of pyridine rings is 2. The van der Waals surface area contributed by atoms with Gasteiger partial charge in [-0.1, -0.05) is 39.1 Å². The molecule has 6 aliphatic rings. The third kappa shape index (κ3) is 9.30. The Bertz CT molecular complexity index is 2610. The van der Waals surface area contributed by atoms with E-state index in [9.17, 15) is 38.4 Å². The molecule has 67 heavy (non-hydrogen) atoms. The van der Waals surface area contributed by atoms with Crippen molar-refractivity contribution < 1.29 is 52.9 Å². The molecule has 10 rings (SSSR count). The highest BCUT2D eigenvalue weighted by molar-refractivity contribution is 6.07. The Morgan fingerprint density at radius 3 is 1.67 bits per heavy atom. The average Bonchev–Trinajstić information content (AvgIpc) is 4.16. The van der Waals surface area contributed by atoms with Crippen LogP contribution in [0.4, 0.5) is 30.6 Å². The molecule has 2 aromatic heterocycles. The van der Waals surface area contributed by atoms with Gasteiger partial charge in [0.1, 0.15) is 13.1 Å². The summed E-state index contributed by atoms with van der Waals surface area (Å²) >= 11 is 0. The second-order valence-electron chi connectivity index (χ2n) is 15.8. The van der Waals surface area contributed by atoms with Crippen LogP contribution < -0.4 is 26.6 Å². The van der Waals surface area contributed by atoms with Crippen LogP contribution in [0, 0.1) is 0 Å². The number of fused-ring (bicyclic) bond motifs is 6. The number of aliphatic carboxylic acids is 1. The highest BCUT2D eigenvalue weighted by atomic mass is 16.6. The number of amides is 9. The second-order valence-corrected chi connectivity index (χ2v) is 15.8. The topological polar surface area (TPSA) is 271 Å². The molecule has 352 valence electrons. The molecule has 0 saturated carbocycles. The van der Waals surface area contributed by atoms with Gasteiger partial charge in [-0.25, -0.2) is 29.0 Å². The molecule has 2 aromatic carbocycles. The fraction of sp³-hybridized carbons (Fsp3) is 0.348. The average molecular weight is 921 g/mol. The van der Waals surface area contributed by atoms with Crippen molar-refractivity contribution in [3.63, 3.8) is 0 Å². The molecule has 4 aliphatic heterocycles. The van der Waals surface area contributed by atoms with Crippen LogP contribution in [0.3, 0.4) is 0 Å². The maximum absolute atomic E-state index is 13.3. The summed E-state index contributed by atoms with van der Waals surface area (Å²) in [5.41, 5.74) is 5.25. The van der Waals surface area contributed by atoms with Crippen LogP contribution in [-0.2, 0) is 78.9 Å². The van der Waals surface area contributed by atoms with Gasteiger partial charge >= 0.3 is 30.2 Å². The van der Waals surface area contributed by atoms with Gasteiger partial charge in [-0.15, -0.1) is 0 Å². The number of urea groups is 2. The molecule has 6 N–H and O–H groups in total. The van der Waals surface area contributed by atoms with Crippen LogP contribution in [0.2, 0.25) is 0 Å². The SMILES string of the molecule is C.C.CNC(=O)Nc1ccc2c(c1)CC[C@]21OC(=O)N(CC(=O)N2Cc3cccnc3C2)C1=O.CNC(=O)Nc1ccc2c(c1)CC[C@]21OC(=O)N(CC(=O)O)C1=O.c1cnc2c(c1)CNC2. The van der Waals surface area contributed by atoms with E-state index in [-0.39, 0.29) is 45.8 Å². The van der Waals surface area contributed by atoms with Crippen molar-refractivity contribution >= 4 is 59.3 Å². The number of carbonyl (C=O) groups is 8. The molecule has 0 bridgehead atoms. The fourth-order valence-corrected chi connectivity index (χ4v) is 8.70.